The Morgan fingerprint density at radius 2 is 2.00 bits per heavy atom. The Kier molecular flexibility index (Phi) is 8.02. The van der Waals surface area contributed by atoms with Crippen molar-refractivity contribution in [2.75, 3.05) is 0 Å². The van der Waals surface area contributed by atoms with E-state index in [1.165, 1.54) is 12.0 Å². The Morgan fingerprint density at radius 1 is 1.33 bits per heavy atom. The molecule has 0 fully saturated rings. The summed E-state index contributed by atoms with van der Waals surface area (Å²) in [6, 6.07) is 0. The Balaban J connectivity index is 4.15. The fourth-order valence-corrected chi connectivity index (χ4v) is 1.28. The summed E-state index contributed by atoms with van der Waals surface area (Å²) in [5.74, 6) is 0.185. The van der Waals surface area contributed by atoms with Crippen LogP contribution >= 0.6 is 0 Å². The van der Waals surface area contributed by atoms with Crippen molar-refractivity contribution >= 4 is 0 Å². The molecule has 1 heteroatoms. The lowest BCUT2D eigenvalue weighted by molar-refractivity contribution is 0.185. The van der Waals surface area contributed by atoms with E-state index in [9.17, 15) is 5.11 Å². The van der Waals surface area contributed by atoms with Gasteiger partial charge >= 0.3 is 0 Å². The number of aliphatic hydroxyl groups is 1. The Labute approximate surface area is 94.2 Å². The maximum absolute atomic E-state index is 9.76. The van der Waals surface area contributed by atoms with Gasteiger partial charge in [-0.1, -0.05) is 56.2 Å². The lowest BCUT2D eigenvalue weighted by Gasteiger charge is -2.10. The topological polar surface area (TPSA) is 20.2 Å². The van der Waals surface area contributed by atoms with Crippen molar-refractivity contribution < 1.29 is 5.11 Å². The van der Waals surface area contributed by atoms with Crippen molar-refractivity contribution in [3.8, 4) is 0 Å². The summed E-state index contributed by atoms with van der Waals surface area (Å²) in [7, 11) is 0. The molecule has 0 aliphatic carbocycles. The second-order valence-electron chi connectivity index (χ2n) is 3.97. The fourth-order valence-electron chi connectivity index (χ4n) is 1.28. The maximum Gasteiger partial charge on any atom is 0.0783 e. The summed E-state index contributed by atoms with van der Waals surface area (Å²) < 4.78 is 0. The molecule has 0 rings (SSSR count). The third-order valence-corrected chi connectivity index (χ3v) is 2.35. The van der Waals surface area contributed by atoms with Crippen LogP contribution in [-0.2, 0) is 0 Å². The largest absolute Gasteiger partial charge is 0.388 e. The number of unbranched alkanes of at least 4 members (excludes halogenated alkanes) is 1. The molecule has 2 atom stereocenters. The molecule has 0 bridgehead atoms. The fraction of sp³-hybridized carbons (Fsp3) is 0.571. The molecule has 1 N–H and O–H groups in total. The number of hydrogen-bond donors (Lipinski definition) is 1. The van der Waals surface area contributed by atoms with Crippen LogP contribution in [0.5, 0.6) is 0 Å². The van der Waals surface area contributed by atoms with Crippen LogP contribution in [0.15, 0.2) is 36.0 Å². The third kappa shape index (κ3) is 7.15. The van der Waals surface area contributed by atoms with E-state index in [4.69, 9.17) is 0 Å². The van der Waals surface area contributed by atoms with Gasteiger partial charge in [-0.2, -0.15) is 0 Å². The molecule has 15 heavy (non-hydrogen) atoms. The Bertz CT molecular complexity index is 236. The molecule has 0 amide bonds. The van der Waals surface area contributed by atoms with Gasteiger partial charge in [0.25, 0.3) is 0 Å². The molecule has 0 aliphatic heterocycles. The highest BCUT2D eigenvalue weighted by Gasteiger charge is 2.05. The number of hydrogen-bond acceptors (Lipinski definition) is 1. The van der Waals surface area contributed by atoms with Gasteiger partial charge in [-0.15, -0.1) is 0 Å². The zero-order chi connectivity index (χ0) is 11.7. The predicted octanol–water partition coefficient (Wildman–Crippen LogP) is 3.86. The molecule has 0 heterocycles. The van der Waals surface area contributed by atoms with Gasteiger partial charge in [0.05, 0.1) is 6.10 Å². The first-order valence-electron chi connectivity index (χ1n) is 5.77. The van der Waals surface area contributed by atoms with Gasteiger partial charge in [0.1, 0.15) is 0 Å². The van der Waals surface area contributed by atoms with Gasteiger partial charge in [-0.05, 0) is 20.3 Å². The molecule has 0 spiro atoms. The second-order valence-corrected chi connectivity index (χ2v) is 3.97. The van der Waals surface area contributed by atoms with E-state index in [1.807, 2.05) is 38.2 Å². The molecule has 0 saturated carbocycles. The molecule has 0 aromatic rings. The first kappa shape index (κ1) is 14.2. The minimum Gasteiger partial charge on any atom is -0.388 e. The molecule has 1 nitrogen and oxygen atoms in total. The van der Waals surface area contributed by atoms with Gasteiger partial charge in [-0.3, -0.25) is 0 Å². The number of rotatable bonds is 6. The van der Waals surface area contributed by atoms with Gasteiger partial charge < -0.3 is 5.11 Å². The zero-order valence-electron chi connectivity index (χ0n) is 10.4. The van der Waals surface area contributed by atoms with E-state index in [0.717, 1.165) is 6.42 Å². The summed E-state index contributed by atoms with van der Waals surface area (Å²) in [4.78, 5) is 0. The van der Waals surface area contributed by atoms with Crippen molar-refractivity contribution in [2.24, 2.45) is 5.92 Å². The second kappa shape index (κ2) is 8.49. The molecular formula is C14H24O. The molecule has 0 aromatic heterocycles. The Morgan fingerprint density at radius 3 is 2.53 bits per heavy atom. The van der Waals surface area contributed by atoms with E-state index in [0.29, 0.717) is 0 Å². The molecule has 0 aromatic carbocycles. The van der Waals surface area contributed by atoms with Gasteiger partial charge in [0, 0.05) is 5.92 Å². The summed E-state index contributed by atoms with van der Waals surface area (Å²) >= 11 is 0. The molecule has 0 saturated heterocycles. The zero-order valence-corrected chi connectivity index (χ0v) is 10.4. The number of aliphatic hydroxyl groups excluding tert-OH is 1. The van der Waals surface area contributed by atoms with Crippen molar-refractivity contribution in [3.63, 3.8) is 0 Å². The average molecular weight is 208 g/mol. The van der Waals surface area contributed by atoms with Crippen LogP contribution in [0.1, 0.15) is 40.5 Å². The molecule has 2 unspecified atom stereocenters. The smallest absolute Gasteiger partial charge is 0.0783 e. The standard InChI is InChI=1S/C14H24O/c1-5-7-9-12(3)10-11-14(15)13(4)8-6-2/h6,8-11,13-15H,5,7H2,1-4H3/b8-6+,11-10+,12-9+. The van der Waals surface area contributed by atoms with Crippen LogP contribution in [0.4, 0.5) is 0 Å². The van der Waals surface area contributed by atoms with E-state index in [-0.39, 0.29) is 12.0 Å². The van der Waals surface area contributed by atoms with Crippen LogP contribution in [0.2, 0.25) is 0 Å². The van der Waals surface area contributed by atoms with E-state index in [1.54, 1.807) is 0 Å². The Hall–Kier alpha value is -0.820. The molecule has 86 valence electrons. The first-order chi connectivity index (χ1) is 7.11. The van der Waals surface area contributed by atoms with Crippen LogP contribution in [-0.4, -0.2) is 11.2 Å². The van der Waals surface area contributed by atoms with Crippen molar-refractivity contribution in [3.05, 3.63) is 36.0 Å². The predicted molar refractivity (Wildman–Crippen MR) is 67.8 cm³/mol. The van der Waals surface area contributed by atoms with Crippen LogP contribution in [0, 0.1) is 5.92 Å². The number of allylic oxidation sites excluding steroid dienone is 4. The summed E-state index contributed by atoms with van der Waals surface area (Å²) in [5.41, 5.74) is 1.23. The third-order valence-electron chi connectivity index (χ3n) is 2.35. The highest BCUT2D eigenvalue weighted by atomic mass is 16.3. The summed E-state index contributed by atoms with van der Waals surface area (Å²) in [5, 5.41) is 9.76. The van der Waals surface area contributed by atoms with Crippen molar-refractivity contribution in [2.45, 2.75) is 46.6 Å². The monoisotopic (exact) mass is 208 g/mol. The van der Waals surface area contributed by atoms with Gasteiger partial charge in [0.2, 0.25) is 0 Å². The van der Waals surface area contributed by atoms with E-state index < -0.39 is 0 Å². The van der Waals surface area contributed by atoms with Crippen molar-refractivity contribution in [1.82, 2.24) is 0 Å². The summed E-state index contributed by atoms with van der Waals surface area (Å²) in [6.07, 6.45) is 11.9. The summed E-state index contributed by atoms with van der Waals surface area (Å²) in [6.45, 7) is 8.22. The maximum atomic E-state index is 9.76. The lowest BCUT2D eigenvalue weighted by atomic mass is 10.0. The van der Waals surface area contributed by atoms with Gasteiger partial charge in [-0.25, -0.2) is 0 Å². The van der Waals surface area contributed by atoms with Crippen molar-refractivity contribution in [1.29, 1.82) is 0 Å². The lowest BCUT2D eigenvalue weighted by Crippen LogP contribution is -2.11. The minimum atomic E-state index is -0.383. The minimum absolute atomic E-state index is 0.185. The normalized spacial score (nSPS) is 17.5. The van der Waals surface area contributed by atoms with Crippen LogP contribution in [0.3, 0.4) is 0 Å². The molecule has 0 aliphatic rings. The quantitative estimate of drug-likeness (QED) is 0.519. The van der Waals surface area contributed by atoms with E-state index in [2.05, 4.69) is 19.9 Å². The SMILES string of the molecule is C/C=C/C(C)C(O)/C=C/C(C)=C/CCC. The average Bonchev–Trinajstić information content (AvgIpc) is 2.23. The van der Waals surface area contributed by atoms with Crippen LogP contribution in [0.25, 0.3) is 0 Å². The highest BCUT2D eigenvalue weighted by molar-refractivity contribution is 5.17. The molecule has 0 radical (unpaired) electrons. The first-order valence-corrected chi connectivity index (χ1v) is 5.77. The van der Waals surface area contributed by atoms with E-state index >= 15 is 0 Å². The highest BCUT2D eigenvalue weighted by Crippen LogP contribution is 2.08. The van der Waals surface area contributed by atoms with Gasteiger partial charge in [0.15, 0.2) is 0 Å². The molecular weight excluding hydrogens is 184 g/mol. The van der Waals surface area contributed by atoms with Crippen LogP contribution < -0.4 is 0 Å².